The highest BCUT2D eigenvalue weighted by Crippen LogP contribution is 2.21. The summed E-state index contributed by atoms with van der Waals surface area (Å²) in [5, 5.41) is 7.00. The predicted molar refractivity (Wildman–Crippen MR) is 57.9 cm³/mol. The third-order valence-corrected chi connectivity index (χ3v) is 2.90. The Morgan fingerprint density at radius 3 is 1.85 bits per heavy atom. The molecule has 2 heteroatoms. The molecule has 0 unspecified atom stereocenters. The summed E-state index contributed by atoms with van der Waals surface area (Å²) < 4.78 is 0. The fraction of sp³-hybridized carbons (Fsp3) is 1.00. The smallest absolute Gasteiger partial charge is 0.0319 e. The van der Waals surface area contributed by atoms with Gasteiger partial charge in [0.2, 0.25) is 0 Å². The van der Waals surface area contributed by atoms with Crippen LogP contribution in [-0.2, 0) is 0 Å². The van der Waals surface area contributed by atoms with E-state index in [1.807, 2.05) is 0 Å². The van der Waals surface area contributed by atoms with Crippen LogP contribution in [0.3, 0.4) is 0 Å². The van der Waals surface area contributed by atoms with Gasteiger partial charge in [0.15, 0.2) is 0 Å². The minimum Gasteiger partial charge on any atom is -0.400 e. The lowest BCUT2D eigenvalue weighted by molar-refractivity contribution is 0.172. The van der Waals surface area contributed by atoms with Crippen LogP contribution < -0.4 is 0 Å². The molecule has 0 aromatic heterocycles. The summed E-state index contributed by atoms with van der Waals surface area (Å²) in [6.45, 7) is 7.03. The van der Waals surface area contributed by atoms with Gasteiger partial charge in [0.25, 0.3) is 0 Å². The lowest BCUT2D eigenvalue weighted by Gasteiger charge is -2.32. The summed E-state index contributed by atoms with van der Waals surface area (Å²) in [5.41, 5.74) is 0. The van der Waals surface area contributed by atoms with Crippen molar-refractivity contribution in [3.63, 3.8) is 0 Å². The molecule has 0 radical (unpaired) electrons. The van der Waals surface area contributed by atoms with Crippen LogP contribution in [0.15, 0.2) is 0 Å². The molecule has 1 rings (SSSR count). The van der Waals surface area contributed by atoms with E-state index in [0.29, 0.717) is 0 Å². The molecule has 1 aliphatic rings. The molecule has 0 atom stereocenters. The average Bonchev–Trinajstić information content (AvgIpc) is 2.24. The Balaban J connectivity index is 0.000000671. The van der Waals surface area contributed by atoms with Crippen LogP contribution in [0.2, 0.25) is 0 Å². The molecule has 0 heterocycles. The minimum atomic E-state index is 0.916. The Labute approximate surface area is 82.9 Å². The molecule has 1 aliphatic carbocycles. The van der Waals surface area contributed by atoms with Gasteiger partial charge in [-0.25, -0.2) is 0 Å². The van der Waals surface area contributed by atoms with Gasteiger partial charge in [0.1, 0.15) is 0 Å². The van der Waals surface area contributed by atoms with Crippen molar-refractivity contribution in [3.8, 4) is 0 Å². The van der Waals surface area contributed by atoms with Gasteiger partial charge in [-0.1, -0.05) is 33.1 Å². The summed E-state index contributed by atoms with van der Waals surface area (Å²) >= 11 is 0. The van der Waals surface area contributed by atoms with Crippen LogP contribution in [0.5, 0.6) is 0 Å². The number of nitrogens with zero attached hydrogens (tertiary/aromatic N) is 1. The Bertz CT molecular complexity index is 96.3. The van der Waals surface area contributed by atoms with Crippen molar-refractivity contribution in [1.29, 1.82) is 0 Å². The SMILES string of the molecule is CCN(CC)C1CCCCC1.CO. The maximum Gasteiger partial charge on any atom is 0.0319 e. The third kappa shape index (κ3) is 4.63. The lowest BCUT2D eigenvalue weighted by atomic mass is 9.94. The fourth-order valence-corrected chi connectivity index (χ4v) is 2.19. The molecular weight excluding hydrogens is 162 g/mol. The highest BCUT2D eigenvalue weighted by atomic mass is 16.2. The maximum absolute atomic E-state index is 7.00. The highest BCUT2D eigenvalue weighted by Gasteiger charge is 2.17. The summed E-state index contributed by atoms with van der Waals surface area (Å²) in [5.74, 6) is 0. The first-order chi connectivity index (χ1) is 6.38. The summed E-state index contributed by atoms with van der Waals surface area (Å²) in [4.78, 5) is 2.61. The van der Waals surface area contributed by atoms with Gasteiger partial charge in [-0.2, -0.15) is 0 Å². The van der Waals surface area contributed by atoms with Crippen LogP contribution in [0, 0.1) is 0 Å². The second-order valence-electron chi connectivity index (χ2n) is 3.51. The molecule has 1 fully saturated rings. The van der Waals surface area contributed by atoms with Crippen molar-refractivity contribution in [2.75, 3.05) is 20.2 Å². The van der Waals surface area contributed by atoms with Crippen LogP contribution in [-0.4, -0.2) is 36.2 Å². The Morgan fingerprint density at radius 2 is 1.46 bits per heavy atom. The van der Waals surface area contributed by atoms with Crippen molar-refractivity contribution >= 4 is 0 Å². The van der Waals surface area contributed by atoms with Crippen LogP contribution in [0.4, 0.5) is 0 Å². The topological polar surface area (TPSA) is 23.5 Å². The molecule has 0 aromatic carbocycles. The average molecular weight is 187 g/mol. The van der Waals surface area contributed by atoms with E-state index >= 15 is 0 Å². The highest BCUT2D eigenvalue weighted by molar-refractivity contribution is 4.73. The zero-order valence-corrected chi connectivity index (χ0v) is 9.42. The minimum absolute atomic E-state index is 0.916. The number of rotatable bonds is 3. The van der Waals surface area contributed by atoms with Gasteiger partial charge >= 0.3 is 0 Å². The van der Waals surface area contributed by atoms with E-state index in [-0.39, 0.29) is 0 Å². The summed E-state index contributed by atoms with van der Waals surface area (Å²) in [6.07, 6.45) is 7.28. The molecule has 2 nitrogen and oxygen atoms in total. The first-order valence-corrected chi connectivity index (χ1v) is 5.57. The number of hydrogen-bond donors (Lipinski definition) is 1. The fourth-order valence-electron chi connectivity index (χ4n) is 2.19. The molecule has 0 saturated heterocycles. The molecule has 0 spiro atoms. The predicted octanol–water partition coefficient (Wildman–Crippen LogP) is 2.27. The van der Waals surface area contributed by atoms with E-state index < -0.39 is 0 Å². The van der Waals surface area contributed by atoms with Crippen LogP contribution in [0.1, 0.15) is 46.0 Å². The molecular formula is C11H25NO. The van der Waals surface area contributed by atoms with Crippen molar-refractivity contribution in [3.05, 3.63) is 0 Å². The lowest BCUT2D eigenvalue weighted by Crippen LogP contribution is -2.36. The quantitative estimate of drug-likeness (QED) is 0.732. The number of aliphatic hydroxyl groups excluding tert-OH is 1. The van der Waals surface area contributed by atoms with Crippen LogP contribution in [0.25, 0.3) is 0 Å². The number of aliphatic hydroxyl groups is 1. The molecule has 1 N–H and O–H groups in total. The first-order valence-electron chi connectivity index (χ1n) is 5.57. The second-order valence-corrected chi connectivity index (χ2v) is 3.51. The summed E-state index contributed by atoms with van der Waals surface area (Å²) in [6, 6.07) is 0.916. The van der Waals surface area contributed by atoms with E-state index in [2.05, 4.69) is 18.7 Å². The van der Waals surface area contributed by atoms with Crippen molar-refractivity contribution in [1.82, 2.24) is 4.90 Å². The zero-order chi connectivity index (χ0) is 10.1. The largest absolute Gasteiger partial charge is 0.400 e. The monoisotopic (exact) mass is 187 g/mol. The molecule has 13 heavy (non-hydrogen) atoms. The van der Waals surface area contributed by atoms with E-state index in [1.54, 1.807) is 0 Å². The molecule has 0 aliphatic heterocycles. The normalized spacial score (nSPS) is 18.2. The van der Waals surface area contributed by atoms with E-state index in [9.17, 15) is 0 Å². The molecule has 1 saturated carbocycles. The molecule has 0 amide bonds. The third-order valence-electron chi connectivity index (χ3n) is 2.90. The molecule has 0 aromatic rings. The first kappa shape index (κ1) is 12.9. The maximum atomic E-state index is 7.00. The van der Waals surface area contributed by atoms with Crippen LogP contribution >= 0.6 is 0 Å². The van der Waals surface area contributed by atoms with Crippen molar-refractivity contribution in [2.45, 2.75) is 52.0 Å². The van der Waals surface area contributed by atoms with Gasteiger partial charge in [-0.3, -0.25) is 0 Å². The van der Waals surface area contributed by atoms with Crippen molar-refractivity contribution < 1.29 is 5.11 Å². The van der Waals surface area contributed by atoms with E-state index in [0.717, 1.165) is 13.2 Å². The van der Waals surface area contributed by atoms with Gasteiger partial charge in [0.05, 0.1) is 0 Å². The van der Waals surface area contributed by atoms with Gasteiger partial charge in [0, 0.05) is 13.2 Å². The van der Waals surface area contributed by atoms with Gasteiger partial charge in [-0.05, 0) is 25.9 Å². The van der Waals surface area contributed by atoms with E-state index in [4.69, 9.17) is 5.11 Å². The Kier molecular flexibility index (Phi) is 8.46. The Morgan fingerprint density at radius 1 is 1.00 bits per heavy atom. The van der Waals surface area contributed by atoms with Gasteiger partial charge in [-0.15, -0.1) is 0 Å². The molecule has 0 bridgehead atoms. The molecule has 80 valence electrons. The number of hydrogen-bond acceptors (Lipinski definition) is 2. The van der Waals surface area contributed by atoms with Gasteiger partial charge < -0.3 is 10.0 Å². The standard InChI is InChI=1S/C10H21N.CH4O/c1-3-11(4-2)10-8-6-5-7-9-10;1-2/h10H,3-9H2,1-2H3;2H,1H3. The summed E-state index contributed by atoms with van der Waals surface area (Å²) in [7, 11) is 1.00. The zero-order valence-electron chi connectivity index (χ0n) is 9.42. The van der Waals surface area contributed by atoms with Crippen molar-refractivity contribution in [2.24, 2.45) is 0 Å². The second kappa shape index (κ2) is 8.52. The van der Waals surface area contributed by atoms with E-state index in [1.165, 1.54) is 45.2 Å². The Hall–Kier alpha value is -0.0800.